The van der Waals surface area contributed by atoms with E-state index in [4.69, 9.17) is 9.84 Å². The first-order valence-electron chi connectivity index (χ1n) is 6.27. The van der Waals surface area contributed by atoms with Gasteiger partial charge in [0.05, 0.1) is 12.0 Å². The Balaban J connectivity index is 3.11. The molecule has 9 heteroatoms. The van der Waals surface area contributed by atoms with Gasteiger partial charge in [-0.15, -0.1) is 0 Å². The van der Waals surface area contributed by atoms with Crippen molar-refractivity contribution < 1.29 is 23.2 Å². The Morgan fingerprint density at radius 1 is 1.48 bits per heavy atom. The second-order valence-electron chi connectivity index (χ2n) is 4.48. The quantitative estimate of drug-likeness (QED) is 0.546. The lowest BCUT2D eigenvalue weighted by atomic mass is 10.2. The lowest BCUT2D eigenvalue weighted by molar-refractivity contribution is -0.385. The minimum Gasteiger partial charge on any atom is -0.495 e. The highest BCUT2D eigenvalue weighted by Crippen LogP contribution is 2.28. The highest BCUT2D eigenvalue weighted by molar-refractivity contribution is 7.89. The molecule has 0 saturated heterocycles. The maximum Gasteiger partial charge on any atom is 0.271 e. The van der Waals surface area contributed by atoms with Crippen LogP contribution in [-0.2, 0) is 10.0 Å². The van der Waals surface area contributed by atoms with Crippen molar-refractivity contribution in [3.05, 3.63) is 28.3 Å². The van der Waals surface area contributed by atoms with Gasteiger partial charge in [0.2, 0.25) is 10.0 Å². The van der Waals surface area contributed by atoms with Crippen LogP contribution in [0.1, 0.15) is 19.8 Å². The predicted molar refractivity (Wildman–Crippen MR) is 75.8 cm³/mol. The molecule has 0 aliphatic heterocycles. The Bertz CT molecular complexity index is 602. The molecule has 21 heavy (non-hydrogen) atoms. The summed E-state index contributed by atoms with van der Waals surface area (Å²) in [5.74, 6) is 0.0301. The molecule has 1 rings (SSSR count). The van der Waals surface area contributed by atoms with E-state index in [0.717, 1.165) is 6.07 Å². The Hall–Kier alpha value is -1.71. The van der Waals surface area contributed by atoms with Crippen molar-refractivity contribution in [1.29, 1.82) is 0 Å². The number of hydrogen-bond donors (Lipinski definition) is 2. The van der Waals surface area contributed by atoms with Crippen molar-refractivity contribution in [2.45, 2.75) is 30.7 Å². The summed E-state index contributed by atoms with van der Waals surface area (Å²) in [7, 11) is -2.66. The van der Waals surface area contributed by atoms with E-state index in [0.29, 0.717) is 12.8 Å². The number of nitrogens with zero attached hydrogens (tertiary/aromatic N) is 1. The molecule has 0 fully saturated rings. The lowest BCUT2D eigenvalue weighted by Crippen LogP contribution is -2.33. The predicted octanol–water partition coefficient (Wildman–Crippen LogP) is 1.04. The molecule has 0 aromatic heterocycles. The smallest absolute Gasteiger partial charge is 0.271 e. The number of ether oxygens (including phenoxy) is 1. The summed E-state index contributed by atoms with van der Waals surface area (Å²) in [6.45, 7) is 1.61. The molecule has 0 heterocycles. The number of sulfonamides is 1. The number of nitro benzene ring substituents is 1. The van der Waals surface area contributed by atoms with Gasteiger partial charge in [0.25, 0.3) is 5.69 Å². The number of aliphatic hydroxyl groups excluding tert-OH is 1. The third kappa shape index (κ3) is 4.66. The van der Waals surface area contributed by atoms with Crippen LogP contribution in [0.2, 0.25) is 0 Å². The average molecular weight is 318 g/mol. The molecule has 118 valence electrons. The van der Waals surface area contributed by atoms with Crippen LogP contribution in [0.4, 0.5) is 5.69 Å². The van der Waals surface area contributed by atoms with E-state index in [1.165, 1.54) is 19.2 Å². The number of methoxy groups -OCH3 is 1. The van der Waals surface area contributed by atoms with Crippen LogP contribution in [0.3, 0.4) is 0 Å². The molecule has 0 bridgehead atoms. The molecule has 0 radical (unpaired) electrons. The van der Waals surface area contributed by atoms with Crippen molar-refractivity contribution >= 4 is 15.7 Å². The van der Waals surface area contributed by atoms with E-state index in [9.17, 15) is 18.5 Å². The van der Waals surface area contributed by atoms with Gasteiger partial charge in [-0.3, -0.25) is 10.1 Å². The molecule has 1 aromatic carbocycles. The first kappa shape index (κ1) is 17.3. The maximum absolute atomic E-state index is 12.3. The number of aliphatic hydroxyl groups is 1. The van der Waals surface area contributed by atoms with E-state index in [1.807, 2.05) is 0 Å². The van der Waals surface area contributed by atoms with Gasteiger partial charge in [-0.25, -0.2) is 13.1 Å². The van der Waals surface area contributed by atoms with Gasteiger partial charge in [-0.2, -0.15) is 0 Å². The molecule has 0 saturated carbocycles. The zero-order chi connectivity index (χ0) is 16.0. The number of rotatable bonds is 8. The number of nitro groups is 1. The Morgan fingerprint density at radius 2 is 2.14 bits per heavy atom. The Morgan fingerprint density at radius 3 is 2.67 bits per heavy atom. The fraction of sp³-hybridized carbons (Fsp3) is 0.500. The standard InChI is InChI=1S/C12H18N2O6S/c1-9(4-3-7-15)13-21(18,19)12-8-10(14(16)17)5-6-11(12)20-2/h5-6,8-9,13,15H,3-4,7H2,1-2H3. The van der Waals surface area contributed by atoms with Crippen LogP contribution >= 0.6 is 0 Å². The zero-order valence-electron chi connectivity index (χ0n) is 11.8. The number of benzene rings is 1. The molecular weight excluding hydrogens is 300 g/mol. The van der Waals surface area contributed by atoms with Crippen molar-refractivity contribution in [2.75, 3.05) is 13.7 Å². The molecule has 0 aliphatic carbocycles. The SMILES string of the molecule is COc1ccc([N+](=O)[O-])cc1S(=O)(=O)NC(C)CCCO. The van der Waals surface area contributed by atoms with E-state index in [2.05, 4.69) is 4.72 Å². The fourth-order valence-corrected chi connectivity index (χ4v) is 3.24. The van der Waals surface area contributed by atoms with E-state index in [-0.39, 0.29) is 22.9 Å². The van der Waals surface area contributed by atoms with Crippen LogP contribution in [0, 0.1) is 10.1 Å². The third-order valence-electron chi connectivity index (χ3n) is 2.80. The van der Waals surface area contributed by atoms with Crippen LogP contribution in [0.25, 0.3) is 0 Å². The summed E-state index contributed by atoms with van der Waals surface area (Å²) in [6, 6.07) is 2.96. The topological polar surface area (TPSA) is 119 Å². The lowest BCUT2D eigenvalue weighted by Gasteiger charge is -2.15. The third-order valence-corrected chi connectivity index (χ3v) is 4.41. The van der Waals surface area contributed by atoms with Crippen LogP contribution in [-0.4, -0.2) is 38.2 Å². The summed E-state index contributed by atoms with van der Waals surface area (Å²) in [4.78, 5) is 9.81. The Labute approximate surface area is 122 Å². The summed E-state index contributed by atoms with van der Waals surface area (Å²) < 4.78 is 31.9. The minimum atomic E-state index is -3.95. The summed E-state index contributed by atoms with van der Waals surface area (Å²) in [5, 5.41) is 19.5. The minimum absolute atomic E-state index is 0.0301. The van der Waals surface area contributed by atoms with Crippen molar-refractivity contribution in [2.24, 2.45) is 0 Å². The zero-order valence-corrected chi connectivity index (χ0v) is 12.6. The van der Waals surface area contributed by atoms with Crippen molar-refractivity contribution in [3.63, 3.8) is 0 Å². The summed E-state index contributed by atoms with van der Waals surface area (Å²) in [6.07, 6.45) is 0.905. The number of non-ortho nitro benzene ring substituents is 1. The van der Waals surface area contributed by atoms with Crippen molar-refractivity contribution in [3.8, 4) is 5.75 Å². The fourth-order valence-electron chi connectivity index (χ4n) is 1.77. The van der Waals surface area contributed by atoms with E-state index in [1.54, 1.807) is 6.92 Å². The largest absolute Gasteiger partial charge is 0.495 e. The monoisotopic (exact) mass is 318 g/mol. The highest BCUT2D eigenvalue weighted by atomic mass is 32.2. The van der Waals surface area contributed by atoms with Gasteiger partial charge < -0.3 is 9.84 Å². The summed E-state index contributed by atoms with van der Waals surface area (Å²) >= 11 is 0. The van der Waals surface area contributed by atoms with E-state index < -0.39 is 21.0 Å². The van der Waals surface area contributed by atoms with Gasteiger partial charge in [-0.1, -0.05) is 0 Å². The van der Waals surface area contributed by atoms with Gasteiger partial charge in [0.1, 0.15) is 10.6 Å². The maximum atomic E-state index is 12.3. The summed E-state index contributed by atoms with van der Waals surface area (Å²) in [5.41, 5.74) is -0.334. The van der Waals surface area contributed by atoms with Gasteiger partial charge in [0.15, 0.2) is 0 Å². The first-order valence-corrected chi connectivity index (χ1v) is 7.75. The highest BCUT2D eigenvalue weighted by Gasteiger charge is 2.24. The van der Waals surface area contributed by atoms with Crippen LogP contribution in [0.15, 0.2) is 23.1 Å². The van der Waals surface area contributed by atoms with Crippen molar-refractivity contribution in [1.82, 2.24) is 4.72 Å². The molecule has 1 unspecified atom stereocenters. The molecule has 0 aliphatic rings. The molecule has 1 atom stereocenters. The second kappa shape index (κ2) is 7.34. The van der Waals surface area contributed by atoms with Crippen LogP contribution < -0.4 is 9.46 Å². The van der Waals surface area contributed by atoms with E-state index >= 15 is 0 Å². The Kier molecular flexibility index (Phi) is 6.06. The van der Waals surface area contributed by atoms with Gasteiger partial charge >= 0.3 is 0 Å². The molecule has 0 spiro atoms. The van der Waals surface area contributed by atoms with Gasteiger partial charge in [-0.05, 0) is 25.8 Å². The molecule has 1 aromatic rings. The molecule has 0 amide bonds. The molecule has 2 N–H and O–H groups in total. The van der Waals surface area contributed by atoms with Crippen LogP contribution in [0.5, 0.6) is 5.75 Å². The molecular formula is C12H18N2O6S. The normalized spacial score (nSPS) is 12.9. The average Bonchev–Trinajstić information content (AvgIpc) is 2.43. The first-order chi connectivity index (χ1) is 9.81. The van der Waals surface area contributed by atoms with Gasteiger partial charge in [0, 0.05) is 24.8 Å². The number of nitrogens with one attached hydrogen (secondary N) is 1. The number of hydrogen-bond acceptors (Lipinski definition) is 6. The molecule has 8 nitrogen and oxygen atoms in total. The second-order valence-corrected chi connectivity index (χ2v) is 6.16.